The molecule has 2 nitrogen and oxygen atoms in total. The Balaban J connectivity index is 2.74. The fourth-order valence-corrected chi connectivity index (χ4v) is 2.12. The second-order valence-corrected chi connectivity index (χ2v) is 4.27. The number of ketones is 1. The Bertz CT molecular complexity index is 598. The number of carbonyl (C=O) groups is 1. The van der Waals surface area contributed by atoms with E-state index >= 15 is 0 Å². The van der Waals surface area contributed by atoms with Crippen LogP contribution in [0.25, 0.3) is 0 Å². The van der Waals surface area contributed by atoms with E-state index in [1.54, 1.807) is 12.1 Å². The van der Waals surface area contributed by atoms with Gasteiger partial charge in [0, 0.05) is 17.6 Å². The average Bonchev–Trinajstić information content (AvgIpc) is 2.47. The molecule has 0 aromatic heterocycles. The van der Waals surface area contributed by atoms with Gasteiger partial charge >= 0.3 is 0 Å². The van der Waals surface area contributed by atoms with E-state index in [0.29, 0.717) is 11.1 Å². The predicted molar refractivity (Wildman–Crippen MR) is 65.3 cm³/mol. The first-order chi connectivity index (χ1) is 8.10. The van der Waals surface area contributed by atoms with E-state index in [2.05, 4.69) is 5.92 Å². The van der Waals surface area contributed by atoms with E-state index in [4.69, 9.17) is 11.7 Å². The molecule has 82 valence electrons. The molecule has 1 aliphatic rings. The summed E-state index contributed by atoms with van der Waals surface area (Å²) in [6.07, 6.45) is 7.42. The van der Waals surface area contributed by atoms with Crippen LogP contribution in [-0.2, 0) is 5.41 Å². The molecule has 2 heteroatoms. The van der Waals surface area contributed by atoms with Crippen molar-refractivity contribution in [3.63, 3.8) is 0 Å². The van der Waals surface area contributed by atoms with Crippen LogP contribution in [0.5, 0.6) is 0 Å². The van der Waals surface area contributed by atoms with Gasteiger partial charge in [0.1, 0.15) is 0 Å². The van der Waals surface area contributed by atoms with Crippen LogP contribution in [-0.4, -0.2) is 5.78 Å². The summed E-state index contributed by atoms with van der Waals surface area (Å²) in [7, 11) is 0. The summed E-state index contributed by atoms with van der Waals surface area (Å²) < 4.78 is 0. The number of hydrogen-bond donors (Lipinski definition) is 0. The highest BCUT2D eigenvalue weighted by Crippen LogP contribution is 2.33. The number of nitriles is 1. The van der Waals surface area contributed by atoms with Crippen molar-refractivity contribution in [2.24, 2.45) is 0 Å². The van der Waals surface area contributed by atoms with E-state index in [0.717, 1.165) is 5.56 Å². The van der Waals surface area contributed by atoms with Crippen LogP contribution >= 0.6 is 0 Å². The number of rotatable bonds is 0. The first-order valence-electron chi connectivity index (χ1n) is 5.33. The average molecular weight is 221 g/mol. The second-order valence-electron chi connectivity index (χ2n) is 4.27. The lowest BCUT2D eigenvalue weighted by Crippen LogP contribution is -2.18. The van der Waals surface area contributed by atoms with Crippen LogP contribution in [0.4, 0.5) is 0 Å². The summed E-state index contributed by atoms with van der Waals surface area (Å²) in [5, 5.41) is 9.00. The number of terminal acetylenes is 1. The third-order valence-corrected chi connectivity index (χ3v) is 3.04. The fraction of sp³-hybridized carbons (Fsp3) is 0.200. The summed E-state index contributed by atoms with van der Waals surface area (Å²) >= 11 is 0. The standard InChI is InChI=1S/C15H11NO/c1-3-15(2)9-11(10-16)8-14(17)12-6-4-5-7-13(12)15/h1,4-7,9H,8H2,2H3. The van der Waals surface area contributed by atoms with E-state index < -0.39 is 5.41 Å². The van der Waals surface area contributed by atoms with Crippen molar-refractivity contribution in [2.75, 3.05) is 0 Å². The molecule has 17 heavy (non-hydrogen) atoms. The van der Waals surface area contributed by atoms with Crippen LogP contribution in [0, 0.1) is 23.7 Å². The van der Waals surface area contributed by atoms with Crippen LogP contribution in [0.3, 0.4) is 0 Å². The summed E-state index contributed by atoms with van der Waals surface area (Å²) in [4.78, 5) is 12.0. The number of Topliss-reactive ketones (excluding diaryl/α,β-unsaturated/α-hetero) is 1. The predicted octanol–water partition coefficient (Wildman–Crippen LogP) is 2.61. The van der Waals surface area contributed by atoms with Gasteiger partial charge in [0.2, 0.25) is 0 Å². The topological polar surface area (TPSA) is 40.9 Å². The van der Waals surface area contributed by atoms with Gasteiger partial charge in [-0.3, -0.25) is 4.79 Å². The number of nitrogens with zero attached hydrogens (tertiary/aromatic N) is 1. The molecule has 1 atom stereocenters. The molecule has 0 saturated carbocycles. The van der Waals surface area contributed by atoms with Crippen LogP contribution in [0.15, 0.2) is 35.9 Å². The van der Waals surface area contributed by atoms with Crippen LogP contribution < -0.4 is 0 Å². The van der Waals surface area contributed by atoms with E-state index in [1.165, 1.54) is 0 Å². The van der Waals surface area contributed by atoms with Gasteiger partial charge in [0.15, 0.2) is 5.78 Å². The highest BCUT2D eigenvalue weighted by molar-refractivity contribution is 6.00. The van der Waals surface area contributed by atoms with E-state index in [9.17, 15) is 4.79 Å². The second kappa shape index (κ2) is 3.92. The highest BCUT2D eigenvalue weighted by Gasteiger charge is 2.30. The Labute approximate surface area is 101 Å². The maximum Gasteiger partial charge on any atom is 0.168 e. The molecule has 0 N–H and O–H groups in total. The molecule has 0 radical (unpaired) electrons. The van der Waals surface area contributed by atoms with Gasteiger partial charge in [-0.15, -0.1) is 6.42 Å². The Morgan fingerprint density at radius 2 is 2.12 bits per heavy atom. The first kappa shape index (κ1) is 11.2. The number of allylic oxidation sites excluding steroid dienone is 2. The molecule has 2 rings (SSSR count). The third-order valence-electron chi connectivity index (χ3n) is 3.04. The minimum atomic E-state index is -0.687. The molecule has 1 aliphatic carbocycles. The normalized spacial score (nSPS) is 22.8. The first-order valence-corrected chi connectivity index (χ1v) is 5.33. The van der Waals surface area contributed by atoms with Crippen molar-refractivity contribution in [3.8, 4) is 18.4 Å². The Morgan fingerprint density at radius 1 is 1.41 bits per heavy atom. The molecular formula is C15H11NO. The van der Waals surface area contributed by atoms with Crippen molar-refractivity contribution in [3.05, 3.63) is 47.0 Å². The monoisotopic (exact) mass is 221 g/mol. The smallest absolute Gasteiger partial charge is 0.168 e. The van der Waals surface area contributed by atoms with Crippen molar-refractivity contribution in [2.45, 2.75) is 18.8 Å². The molecule has 0 aliphatic heterocycles. The third kappa shape index (κ3) is 1.75. The van der Waals surface area contributed by atoms with Gasteiger partial charge < -0.3 is 0 Å². The van der Waals surface area contributed by atoms with Crippen molar-refractivity contribution in [1.82, 2.24) is 0 Å². The zero-order valence-electron chi connectivity index (χ0n) is 9.53. The molecular weight excluding hydrogens is 210 g/mol. The lowest BCUT2D eigenvalue weighted by atomic mass is 9.80. The minimum absolute atomic E-state index is 0.0487. The number of carbonyl (C=O) groups excluding carboxylic acids is 1. The lowest BCUT2D eigenvalue weighted by Gasteiger charge is -2.20. The Hall–Kier alpha value is -2.32. The molecule has 1 aromatic carbocycles. The number of benzene rings is 1. The van der Waals surface area contributed by atoms with Crippen molar-refractivity contribution >= 4 is 5.78 Å². The lowest BCUT2D eigenvalue weighted by molar-refractivity contribution is 0.0994. The molecule has 0 fully saturated rings. The van der Waals surface area contributed by atoms with Gasteiger partial charge in [-0.05, 0) is 18.6 Å². The molecule has 0 saturated heterocycles. The summed E-state index contributed by atoms with van der Waals surface area (Å²) in [5.41, 5.74) is 1.17. The van der Waals surface area contributed by atoms with Gasteiger partial charge in [0.05, 0.1) is 11.5 Å². The van der Waals surface area contributed by atoms with Gasteiger partial charge in [-0.2, -0.15) is 5.26 Å². The SMILES string of the molecule is C#CC1(C)C=C(C#N)CC(=O)c2ccccc21. The van der Waals surface area contributed by atoms with Gasteiger partial charge in [-0.1, -0.05) is 30.2 Å². The molecule has 0 heterocycles. The Morgan fingerprint density at radius 3 is 2.76 bits per heavy atom. The zero-order valence-corrected chi connectivity index (χ0v) is 9.53. The van der Waals surface area contributed by atoms with Crippen LogP contribution in [0.1, 0.15) is 29.3 Å². The maximum absolute atomic E-state index is 12.0. The molecule has 1 unspecified atom stereocenters. The summed E-state index contributed by atoms with van der Waals surface area (Å²) in [6.45, 7) is 1.85. The van der Waals surface area contributed by atoms with Gasteiger partial charge in [0.25, 0.3) is 0 Å². The van der Waals surface area contributed by atoms with Crippen molar-refractivity contribution in [1.29, 1.82) is 5.26 Å². The number of hydrogen-bond acceptors (Lipinski definition) is 2. The van der Waals surface area contributed by atoms with E-state index in [-0.39, 0.29) is 12.2 Å². The summed E-state index contributed by atoms with van der Waals surface area (Å²) in [5.74, 6) is 2.63. The largest absolute Gasteiger partial charge is 0.294 e. The molecule has 1 aromatic rings. The summed E-state index contributed by atoms with van der Waals surface area (Å²) in [6, 6.07) is 9.32. The highest BCUT2D eigenvalue weighted by atomic mass is 16.1. The zero-order chi connectivity index (χ0) is 12.5. The van der Waals surface area contributed by atoms with Gasteiger partial charge in [-0.25, -0.2) is 0 Å². The minimum Gasteiger partial charge on any atom is -0.294 e. The maximum atomic E-state index is 12.0. The van der Waals surface area contributed by atoms with Crippen LogP contribution in [0.2, 0.25) is 0 Å². The van der Waals surface area contributed by atoms with Crippen molar-refractivity contribution < 1.29 is 4.79 Å². The quantitative estimate of drug-likeness (QED) is 0.632. The number of fused-ring (bicyclic) bond motifs is 1. The fourth-order valence-electron chi connectivity index (χ4n) is 2.12. The molecule has 0 amide bonds. The van der Waals surface area contributed by atoms with E-state index in [1.807, 2.05) is 31.2 Å². The Kier molecular flexibility index (Phi) is 2.58. The molecule has 0 bridgehead atoms. The molecule has 0 spiro atoms.